The van der Waals surface area contributed by atoms with E-state index < -0.39 is 0 Å². The Bertz CT molecular complexity index is 1050. The van der Waals surface area contributed by atoms with Crippen molar-refractivity contribution in [2.45, 2.75) is 31.9 Å². The molecule has 2 aromatic heterocycles. The van der Waals surface area contributed by atoms with Gasteiger partial charge in [0.1, 0.15) is 17.7 Å². The van der Waals surface area contributed by atoms with Crippen molar-refractivity contribution in [1.82, 2.24) is 19.4 Å². The molecule has 3 aliphatic heterocycles. The van der Waals surface area contributed by atoms with E-state index in [-0.39, 0.29) is 29.1 Å². The Kier molecular flexibility index (Phi) is 5.13. The Hall–Kier alpha value is -2.94. The van der Waals surface area contributed by atoms with Gasteiger partial charge >= 0.3 is 0 Å². The van der Waals surface area contributed by atoms with Crippen LogP contribution in [0.1, 0.15) is 35.3 Å². The molecule has 3 atom stereocenters. The Morgan fingerprint density at radius 3 is 2.87 bits per heavy atom. The average Bonchev–Trinajstić information content (AvgIpc) is 2.79. The van der Waals surface area contributed by atoms with Gasteiger partial charge in [0.15, 0.2) is 0 Å². The van der Waals surface area contributed by atoms with Crippen LogP contribution in [-0.2, 0) is 11.3 Å². The summed E-state index contributed by atoms with van der Waals surface area (Å²) in [6.45, 7) is 5.68. The zero-order valence-corrected chi connectivity index (χ0v) is 17.9. The topological polar surface area (TPSA) is 89.8 Å². The zero-order valence-electron chi connectivity index (χ0n) is 17.9. The quantitative estimate of drug-likeness (QED) is 0.728. The first-order chi connectivity index (χ1) is 15.0. The van der Waals surface area contributed by atoms with E-state index in [1.165, 1.54) is 6.33 Å². The number of hydrogen-bond acceptors (Lipinski definition) is 7. The summed E-state index contributed by atoms with van der Waals surface area (Å²) in [5.74, 6) is 1.72. The van der Waals surface area contributed by atoms with Gasteiger partial charge < -0.3 is 23.8 Å². The highest BCUT2D eigenvalue weighted by Crippen LogP contribution is 2.37. The summed E-state index contributed by atoms with van der Waals surface area (Å²) >= 11 is 0. The number of piperidine rings is 1. The molecule has 0 spiro atoms. The van der Waals surface area contributed by atoms with E-state index in [9.17, 15) is 9.59 Å². The summed E-state index contributed by atoms with van der Waals surface area (Å²) in [6.07, 6.45) is 2.54. The highest BCUT2D eigenvalue weighted by molar-refractivity contribution is 5.94. The monoisotopic (exact) mass is 425 g/mol. The molecule has 2 bridgehead atoms. The van der Waals surface area contributed by atoms with Gasteiger partial charge in [-0.1, -0.05) is 0 Å². The molecular formula is C22H27N5O4. The fraction of sp³-hybridized carbons (Fsp3) is 0.545. The SMILES string of the molecule is COc1cc(N2C[C@@H]3C[C@H](C2)c2ccc(C(=O)N4CCO[C@@H](C)C4)c(=O)n2C3)ncn1. The van der Waals surface area contributed by atoms with Crippen molar-refractivity contribution >= 4 is 11.7 Å². The minimum absolute atomic E-state index is 0.0103. The zero-order chi connectivity index (χ0) is 21.5. The third-order valence-corrected chi connectivity index (χ3v) is 6.52. The van der Waals surface area contributed by atoms with Gasteiger partial charge in [0.25, 0.3) is 11.5 Å². The summed E-state index contributed by atoms with van der Waals surface area (Å²) in [5.41, 5.74) is 1.09. The largest absolute Gasteiger partial charge is 0.481 e. The lowest BCUT2D eigenvalue weighted by Crippen LogP contribution is -2.49. The molecule has 5 heterocycles. The molecule has 164 valence electrons. The van der Waals surface area contributed by atoms with E-state index in [1.54, 1.807) is 18.1 Å². The summed E-state index contributed by atoms with van der Waals surface area (Å²) in [5, 5.41) is 0. The number of aromatic nitrogens is 3. The second kappa shape index (κ2) is 7.96. The Morgan fingerprint density at radius 1 is 1.19 bits per heavy atom. The number of methoxy groups -OCH3 is 1. The molecule has 2 fully saturated rings. The standard InChI is InChI=1S/C22H27N5O4/c1-14-9-25(5-6-31-14)21(28)17-3-4-18-16-7-15(11-27(18)22(17)29)10-26(12-16)19-8-20(30-2)24-13-23-19/h3-4,8,13-16H,5-7,9-12H2,1-2H3/t14-,15-,16+/m0/s1. The van der Waals surface area contributed by atoms with Gasteiger partial charge in [0, 0.05) is 50.4 Å². The number of rotatable bonds is 3. The van der Waals surface area contributed by atoms with Gasteiger partial charge in [-0.3, -0.25) is 9.59 Å². The molecule has 0 saturated carbocycles. The van der Waals surface area contributed by atoms with Gasteiger partial charge in [-0.15, -0.1) is 0 Å². The molecule has 1 amide bonds. The lowest BCUT2D eigenvalue weighted by atomic mass is 9.83. The van der Waals surface area contributed by atoms with Crippen LogP contribution in [0.3, 0.4) is 0 Å². The predicted molar refractivity (Wildman–Crippen MR) is 114 cm³/mol. The van der Waals surface area contributed by atoms with Crippen molar-refractivity contribution in [2.24, 2.45) is 5.92 Å². The van der Waals surface area contributed by atoms with Crippen LogP contribution < -0.4 is 15.2 Å². The van der Waals surface area contributed by atoms with Crippen molar-refractivity contribution in [3.05, 3.63) is 46.1 Å². The Balaban J connectivity index is 1.41. The maximum atomic E-state index is 13.3. The third-order valence-electron chi connectivity index (χ3n) is 6.52. The van der Waals surface area contributed by atoms with Gasteiger partial charge in [-0.2, -0.15) is 0 Å². The molecule has 31 heavy (non-hydrogen) atoms. The van der Waals surface area contributed by atoms with Crippen molar-refractivity contribution in [3.63, 3.8) is 0 Å². The van der Waals surface area contributed by atoms with Crippen LogP contribution in [0, 0.1) is 5.92 Å². The van der Waals surface area contributed by atoms with Crippen molar-refractivity contribution in [1.29, 1.82) is 0 Å². The molecule has 0 radical (unpaired) electrons. The maximum Gasteiger partial charge on any atom is 0.263 e. The molecule has 5 rings (SSSR count). The van der Waals surface area contributed by atoms with E-state index in [1.807, 2.05) is 23.6 Å². The number of hydrogen-bond donors (Lipinski definition) is 0. The first-order valence-electron chi connectivity index (χ1n) is 10.8. The smallest absolute Gasteiger partial charge is 0.263 e. The predicted octanol–water partition coefficient (Wildman–Crippen LogP) is 1.13. The summed E-state index contributed by atoms with van der Waals surface area (Å²) in [7, 11) is 1.59. The fourth-order valence-electron chi connectivity index (χ4n) is 5.08. The van der Waals surface area contributed by atoms with E-state index in [0.29, 0.717) is 38.0 Å². The number of fused-ring (bicyclic) bond motifs is 4. The number of ether oxygens (including phenoxy) is 2. The van der Waals surface area contributed by atoms with E-state index in [4.69, 9.17) is 9.47 Å². The first kappa shape index (κ1) is 20.0. The second-order valence-corrected chi connectivity index (χ2v) is 8.64. The van der Waals surface area contributed by atoms with Crippen LogP contribution >= 0.6 is 0 Å². The molecule has 0 N–H and O–H groups in total. The van der Waals surface area contributed by atoms with Crippen molar-refractivity contribution < 1.29 is 14.3 Å². The van der Waals surface area contributed by atoms with E-state index in [0.717, 1.165) is 31.0 Å². The Labute approximate surface area is 180 Å². The highest BCUT2D eigenvalue weighted by Gasteiger charge is 2.36. The highest BCUT2D eigenvalue weighted by atomic mass is 16.5. The number of morpholine rings is 1. The lowest BCUT2D eigenvalue weighted by Gasteiger charge is -2.43. The number of amides is 1. The molecule has 2 saturated heterocycles. The molecule has 0 aromatic carbocycles. The minimum Gasteiger partial charge on any atom is -0.481 e. The minimum atomic E-state index is -0.194. The third kappa shape index (κ3) is 3.67. The van der Waals surface area contributed by atoms with Crippen LogP contribution in [0.5, 0.6) is 5.88 Å². The number of carbonyl (C=O) groups is 1. The summed E-state index contributed by atoms with van der Waals surface area (Å²) in [6, 6.07) is 5.52. The molecule has 3 aliphatic rings. The molecule has 0 aliphatic carbocycles. The van der Waals surface area contributed by atoms with E-state index >= 15 is 0 Å². The first-order valence-corrected chi connectivity index (χ1v) is 10.8. The molecular weight excluding hydrogens is 398 g/mol. The molecule has 9 nitrogen and oxygen atoms in total. The number of nitrogens with zero attached hydrogens (tertiary/aromatic N) is 5. The lowest BCUT2D eigenvalue weighted by molar-refractivity contribution is -0.0125. The maximum absolute atomic E-state index is 13.3. The van der Waals surface area contributed by atoms with E-state index in [2.05, 4.69) is 14.9 Å². The van der Waals surface area contributed by atoms with Crippen molar-refractivity contribution in [2.75, 3.05) is 44.8 Å². The normalized spacial score (nSPS) is 25.2. The number of anilines is 1. The van der Waals surface area contributed by atoms with Crippen LogP contribution in [0.2, 0.25) is 0 Å². The van der Waals surface area contributed by atoms with Gasteiger partial charge in [0.2, 0.25) is 5.88 Å². The van der Waals surface area contributed by atoms with Crippen LogP contribution in [0.4, 0.5) is 5.82 Å². The van der Waals surface area contributed by atoms with Crippen LogP contribution in [0.25, 0.3) is 0 Å². The number of pyridine rings is 1. The molecule has 0 unspecified atom stereocenters. The average molecular weight is 425 g/mol. The van der Waals surface area contributed by atoms with Gasteiger partial charge in [0.05, 0.1) is 19.8 Å². The van der Waals surface area contributed by atoms with Crippen LogP contribution in [-0.4, -0.2) is 71.3 Å². The Morgan fingerprint density at radius 2 is 2.06 bits per heavy atom. The summed E-state index contributed by atoms with van der Waals surface area (Å²) < 4.78 is 12.6. The van der Waals surface area contributed by atoms with Crippen LogP contribution in [0.15, 0.2) is 29.3 Å². The fourth-order valence-corrected chi connectivity index (χ4v) is 5.08. The number of carbonyl (C=O) groups excluding carboxylic acids is 1. The van der Waals surface area contributed by atoms with Gasteiger partial charge in [-0.25, -0.2) is 9.97 Å². The molecule has 9 heteroatoms. The second-order valence-electron chi connectivity index (χ2n) is 8.64. The summed E-state index contributed by atoms with van der Waals surface area (Å²) in [4.78, 5) is 38.8. The van der Waals surface area contributed by atoms with Gasteiger partial charge in [-0.05, 0) is 31.4 Å². The van der Waals surface area contributed by atoms with Crippen molar-refractivity contribution in [3.8, 4) is 5.88 Å². The molecule has 2 aromatic rings.